The Morgan fingerprint density at radius 2 is 2.19 bits per heavy atom. The highest BCUT2D eigenvalue weighted by molar-refractivity contribution is 7.99. The summed E-state index contributed by atoms with van der Waals surface area (Å²) < 4.78 is 10.0. The lowest BCUT2D eigenvalue weighted by atomic mass is 10.3. The first kappa shape index (κ1) is 15.4. The van der Waals surface area contributed by atoms with Crippen molar-refractivity contribution < 1.29 is 18.7 Å². The molecule has 21 heavy (non-hydrogen) atoms. The summed E-state index contributed by atoms with van der Waals surface area (Å²) in [6, 6.07) is 7.44. The fourth-order valence-electron chi connectivity index (χ4n) is 1.65. The van der Waals surface area contributed by atoms with Crippen molar-refractivity contribution in [3.63, 3.8) is 0 Å². The van der Waals surface area contributed by atoms with E-state index in [2.05, 4.69) is 15.0 Å². The SMILES string of the molecule is COC(=O)CCCNC(=O)CSc1nc2ccccc2o1. The zero-order valence-electron chi connectivity index (χ0n) is 11.6. The van der Waals surface area contributed by atoms with Gasteiger partial charge < -0.3 is 14.5 Å². The fraction of sp³-hybridized carbons (Fsp3) is 0.357. The molecular formula is C14H16N2O4S. The summed E-state index contributed by atoms with van der Waals surface area (Å²) in [5, 5.41) is 3.20. The lowest BCUT2D eigenvalue weighted by Crippen LogP contribution is -2.26. The maximum absolute atomic E-state index is 11.6. The van der Waals surface area contributed by atoms with E-state index in [-0.39, 0.29) is 17.6 Å². The summed E-state index contributed by atoms with van der Waals surface area (Å²) in [5.41, 5.74) is 1.48. The topological polar surface area (TPSA) is 81.4 Å². The fourth-order valence-corrected chi connectivity index (χ4v) is 2.32. The zero-order valence-corrected chi connectivity index (χ0v) is 12.4. The molecule has 0 atom stereocenters. The number of esters is 1. The molecule has 0 bridgehead atoms. The molecule has 0 aliphatic carbocycles. The molecule has 0 fully saturated rings. The third-order valence-corrected chi connectivity index (χ3v) is 3.54. The molecule has 0 saturated heterocycles. The lowest BCUT2D eigenvalue weighted by molar-refractivity contribution is -0.140. The summed E-state index contributed by atoms with van der Waals surface area (Å²) in [5.74, 6) is -0.164. The van der Waals surface area contributed by atoms with Crippen LogP contribution in [-0.2, 0) is 14.3 Å². The van der Waals surface area contributed by atoms with Crippen molar-refractivity contribution in [1.29, 1.82) is 0 Å². The normalized spacial score (nSPS) is 10.5. The first-order chi connectivity index (χ1) is 10.2. The van der Waals surface area contributed by atoms with Crippen LogP contribution >= 0.6 is 11.8 Å². The molecule has 2 aromatic rings. The van der Waals surface area contributed by atoms with Crippen molar-refractivity contribution in [2.24, 2.45) is 0 Å². The van der Waals surface area contributed by atoms with Gasteiger partial charge in [-0.3, -0.25) is 9.59 Å². The number of thioether (sulfide) groups is 1. The number of oxazole rings is 1. The van der Waals surface area contributed by atoms with Gasteiger partial charge in [0, 0.05) is 13.0 Å². The van der Waals surface area contributed by atoms with Crippen LogP contribution in [0.15, 0.2) is 33.9 Å². The Bertz CT molecular complexity index is 593. The van der Waals surface area contributed by atoms with E-state index in [1.165, 1.54) is 18.9 Å². The lowest BCUT2D eigenvalue weighted by Gasteiger charge is -2.03. The number of hydrogen-bond acceptors (Lipinski definition) is 6. The molecule has 0 saturated carbocycles. The molecular weight excluding hydrogens is 292 g/mol. The maximum Gasteiger partial charge on any atom is 0.305 e. The number of carbonyl (C=O) groups excluding carboxylic acids is 2. The van der Waals surface area contributed by atoms with Crippen LogP contribution < -0.4 is 5.32 Å². The number of benzene rings is 1. The van der Waals surface area contributed by atoms with Gasteiger partial charge in [-0.1, -0.05) is 23.9 Å². The van der Waals surface area contributed by atoms with E-state index in [1.807, 2.05) is 24.3 Å². The van der Waals surface area contributed by atoms with Crippen molar-refractivity contribution in [2.45, 2.75) is 18.1 Å². The molecule has 1 aromatic heterocycles. The minimum absolute atomic E-state index is 0.118. The minimum atomic E-state index is -0.273. The monoisotopic (exact) mass is 308 g/mol. The Balaban J connectivity index is 1.70. The molecule has 0 unspecified atom stereocenters. The Morgan fingerprint density at radius 1 is 1.38 bits per heavy atom. The van der Waals surface area contributed by atoms with E-state index in [0.717, 1.165) is 5.52 Å². The van der Waals surface area contributed by atoms with Gasteiger partial charge >= 0.3 is 5.97 Å². The molecule has 1 heterocycles. The van der Waals surface area contributed by atoms with E-state index in [9.17, 15) is 9.59 Å². The third-order valence-electron chi connectivity index (χ3n) is 2.71. The maximum atomic E-state index is 11.6. The average Bonchev–Trinajstić information content (AvgIpc) is 2.92. The summed E-state index contributed by atoms with van der Waals surface area (Å²) >= 11 is 1.24. The zero-order chi connectivity index (χ0) is 15.1. The number of hydrogen-bond donors (Lipinski definition) is 1. The second-order valence-electron chi connectivity index (χ2n) is 4.27. The van der Waals surface area contributed by atoms with Gasteiger partial charge in [-0.05, 0) is 18.6 Å². The Hall–Kier alpha value is -2.02. The minimum Gasteiger partial charge on any atom is -0.469 e. The van der Waals surface area contributed by atoms with Crippen LogP contribution in [0.5, 0.6) is 0 Å². The third kappa shape index (κ3) is 4.78. The predicted molar refractivity (Wildman–Crippen MR) is 79.0 cm³/mol. The summed E-state index contributed by atoms with van der Waals surface area (Å²) in [7, 11) is 1.35. The number of nitrogens with one attached hydrogen (secondary N) is 1. The smallest absolute Gasteiger partial charge is 0.305 e. The molecule has 0 aliphatic heterocycles. The Morgan fingerprint density at radius 3 is 2.95 bits per heavy atom. The molecule has 1 amide bonds. The highest BCUT2D eigenvalue weighted by Gasteiger charge is 2.09. The largest absolute Gasteiger partial charge is 0.469 e. The van der Waals surface area contributed by atoms with Crippen LogP contribution in [0.1, 0.15) is 12.8 Å². The predicted octanol–water partition coefficient (Wildman–Crippen LogP) is 1.99. The number of methoxy groups -OCH3 is 1. The van der Waals surface area contributed by atoms with Crippen LogP contribution in [0.4, 0.5) is 0 Å². The van der Waals surface area contributed by atoms with Gasteiger partial charge in [0.25, 0.3) is 5.22 Å². The highest BCUT2D eigenvalue weighted by Crippen LogP contribution is 2.22. The second-order valence-corrected chi connectivity index (χ2v) is 5.19. The van der Waals surface area contributed by atoms with Crippen molar-refractivity contribution in [3.05, 3.63) is 24.3 Å². The standard InChI is InChI=1S/C14H16N2O4S/c1-19-13(18)7-4-8-15-12(17)9-21-14-16-10-5-2-3-6-11(10)20-14/h2-3,5-6H,4,7-9H2,1H3,(H,15,17). The number of nitrogens with zero attached hydrogens (tertiary/aromatic N) is 1. The van der Waals surface area contributed by atoms with Crippen molar-refractivity contribution in [3.8, 4) is 0 Å². The van der Waals surface area contributed by atoms with Crippen LogP contribution in [0.25, 0.3) is 11.1 Å². The molecule has 7 heteroatoms. The molecule has 0 spiro atoms. The molecule has 2 rings (SSSR count). The van der Waals surface area contributed by atoms with Gasteiger partial charge in [-0.2, -0.15) is 0 Å². The van der Waals surface area contributed by atoms with Gasteiger partial charge in [0.2, 0.25) is 5.91 Å². The van der Waals surface area contributed by atoms with Gasteiger partial charge in [-0.15, -0.1) is 0 Å². The number of para-hydroxylation sites is 2. The van der Waals surface area contributed by atoms with Gasteiger partial charge in [0.1, 0.15) is 5.52 Å². The number of carbonyl (C=O) groups is 2. The van der Waals surface area contributed by atoms with Gasteiger partial charge in [0.15, 0.2) is 5.58 Å². The van der Waals surface area contributed by atoms with E-state index in [4.69, 9.17) is 4.42 Å². The first-order valence-electron chi connectivity index (χ1n) is 6.51. The number of fused-ring (bicyclic) bond motifs is 1. The molecule has 1 N–H and O–H groups in total. The van der Waals surface area contributed by atoms with Gasteiger partial charge in [-0.25, -0.2) is 4.98 Å². The quantitative estimate of drug-likeness (QED) is 0.478. The Labute approximate surface area is 126 Å². The number of amides is 1. The van der Waals surface area contributed by atoms with Crippen molar-refractivity contribution in [2.75, 3.05) is 19.4 Å². The van der Waals surface area contributed by atoms with Crippen molar-refractivity contribution >= 4 is 34.7 Å². The Kier molecular flexibility index (Phi) is 5.62. The first-order valence-corrected chi connectivity index (χ1v) is 7.49. The molecule has 0 radical (unpaired) electrons. The molecule has 0 aliphatic rings. The van der Waals surface area contributed by atoms with Crippen molar-refractivity contribution in [1.82, 2.24) is 10.3 Å². The molecule has 1 aromatic carbocycles. The number of rotatable bonds is 7. The number of aromatic nitrogens is 1. The second kappa shape index (κ2) is 7.68. The highest BCUT2D eigenvalue weighted by atomic mass is 32.2. The van der Waals surface area contributed by atoms with Crippen LogP contribution in [-0.4, -0.2) is 36.3 Å². The molecule has 112 valence electrons. The summed E-state index contributed by atoms with van der Waals surface area (Å²) in [4.78, 5) is 26.8. The molecule has 6 nitrogen and oxygen atoms in total. The van der Waals surface area contributed by atoms with E-state index < -0.39 is 0 Å². The van der Waals surface area contributed by atoms with E-state index in [0.29, 0.717) is 30.2 Å². The summed E-state index contributed by atoms with van der Waals surface area (Å²) in [6.45, 7) is 0.446. The van der Waals surface area contributed by atoms with Crippen LogP contribution in [0.2, 0.25) is 0 Å². The van der Waals surface area contributed by atoms with Gasteiger partial charge in [0.05, 0.1) is 12.9 Å². The van der Waals surface area contributed by atoms with E-state index in [1.54, 1.807) is 0 Å². The van der Waals surface area contributed by atoms with Crippen LogP contribution in [0.3, 0.4) is 0 Å². The number of ether oxygens (including phenoxy) is 1. The van der Waals surface area contributed by atoms with E-state index >= 15 is 0 Å². The average molecular weight is 308 g/mol. The van der Waals surface area contributed by atoms with Crippen LogP contribution in [0, 0.1) is 0 Å². The summed E-state index contributed by atoms with van der Waals surface area (Å²) in [6.07, 6.45) is 0.862.